The fourth-order valence-electron chi connectivity index (χ4n) is 2.38. The molecule has 0 bridgehead atoms. The zero-order valence-corrected chi connectivity index (χ0v) is 11.3. The Bertz CT molecular complexity index is 296. The summed E-state index contributed by atoms with van der Waals surface area (Å²) in [5, 5.41) is 3.68. The van der Waals surface area contributed by atoms with Crippen molar-refractivity contribution in [3.05, 3.63) is 16.6 Å². The molecule has 1 saturated heterocycles. The average Bonchev–Trinajstić information content (AvgIpc) is 2.88. The quantitative estimate of drug-likeness (QED) is 0.847. The molecule has 0 amide bonds. The Balaban J connectivity index is 1.91. The van der Waals surface area contributed by atoms with Crippen LogP contribution in [0.15, 0.2) is 11.7 Å². The third kappa shape index (κ3) is 4.05. The van der Waals surface area contributed by atoms with Crippen molar-refractivity contribution in [3.63, 3.8) is 0 Å². The maximum absolute atomic E-state index is 5.61. The van der Waals surface area contributed by atoms with Crippen molar-refractivity contribution < 1.29 is 4.74 Å². The molecule has 2 atom stereocenters. The molecule has 1 N–H and O–H groups in total. The van der Waals surface area contributed by atoms with E-state index in [9.17, 15) is 0 Å². The van der Waals surface area contributed by atoms with E-state index in [1.807, 2.05) is 11.7 Å². The molecule has 2 unspecified atom stereocenters. The Hall–Kier alpha value is -0.450. The molecule has 1 aliphatic heterocycles. The second-order valence-electron chi connectivity index (χ2n) is 4.71. The Morgan fingerprint density at radius 2 is 2.59 bits per heavy atom. The average molecular weight is 254 g/mol. The number of hydrogen-bond acceptors (Lipinski definition) is 4. The van der Waals surface area contributed by atoms with Gasteiger partial charge in [0.25, 0.3) is 0 Å². The number of hydrogen-bond donors (Lipinski definition) is 1. The lowest BCUT2D eigenvalue weighted by Gasteiger charge is -2.30. The normalized spacial score (nSPS) is 22.5. The van der Waals surface area contributed by atoms with E-state index in [1.165, 1.54) is 24.1 Å². The fraction of sp³-hybridized carbons (Fsp3) is 0.769. The van der Waals surface area contributed by atoms with Crippen molar-refractivity contribution in [2.75, 3.05) is 19.8 Å². The van der Waals surface area contributed by atoms with Crippen LogP contribution in [0.5, 0.6) is 0 Å². The summed E-state index contributed by atoms with van der Waals surface area (Å²) in [5.74, 6) is 0.664. The Kier molecular flexibility index (Phi) is 5.42. The molecule has 0 radical (unpaired) electrons. The van der Waals surface area contributed by atoms with Crippen LogP contribution in [0.2, 0.25) is 0 Å². The number of nitrogens with zero attached hydrogens (tertiary/aromatic N) is 1. The molecule has 1 aliphatic rings. The molecule has 4 heteroatoms. The molecule has 2 heterocycles. The molecule has 0 saturated carbocycles. The summed E-state index contributed by atoms with van der Waals surface area (Å²) in [7, 11) is 0. The van der Waals surface area contributed by atoms with E-state index in [0.717, 1.165) is 26.2 Å². The summed E-state index contributed by atoms with van der Waals surface area (Å²) < 4.78 is 5.61. The number of nitrogens with one attached hydrogen (secondary N) is 1. The largest absolute Gasteiger partial charge is 0.381 e. The highest BCUT2D eigenvalue weighted by atomic mass is 32.1. The van der Waals surface area contributed by atoms with E-state index in [4.69, 9.17) is 4.74 Å². The number of thiazole rings is 1. The van der Waals surface area contributed by atoms with Gasteiger partial charge in [-0.05, 0) is 38.1 Å². The van der Waals surface area contributed by atoms with Crippen LogP contribution in [-0.4, -0.2) is 30.8 Å². The SMILES string of the molecule is CCCNC(Cc1cncs1)C1CCCOC1. The Morgan fingerprint density at radius 1 is 1.65 bits per heavy atom. The lowest BCUT2D eigenvalue weighted by Crippen LogP contribution is -2.42. The first-order valence-corrected chi connectivity index (χ1v) is 7.46. The molecule has 1 aromatic rings. The van der Waals surface area contributed by atoms with Crippen LogP contribution in [-0.2, 0) is 11.2 Å². The molecule has 1 fully saturated rings. The van der Waals surface area contributed by atoms with Gasteiger partial charge in [-0.15, -0.1) is 11.3 Å². The lowest BCUT2D eigenvalue weighted by molar-refractivity contribution is 0.0394. The highest BCUT2D eigenvalue weighted by molar-refractivity contribution is 7.09. The van der Waals surface area contributed by atoms with E-state index in [2.05, 4.69) is 17.2 Å². The minimum Gasteiger partial charge on any atom is -0.381 e. The highest BCUT2D eigenvalue weighted by Crippen LogP contribution is 2.21. The zero-order chi connectivity index (χ0) is 11.9. The Labute approximate surface area is 108 Å². The molecular weight excluding hydrogens is 232 g/mol. The van der Waals surface area contributed by atoms with Gasteiger partial charge in [-0.25, -0.2) is 0 Å². The van der Waals surface area contributed by atoms with E-state index >= 15 is 0 Å². The number of ether oxygens (including phenoxy) is 1. The molecule has 0 aliphatic carbocycles. The van der Waals surface area contributed by atoms with Crippen LogP contribution in [0.1, 0.15) is 31.1 Å². The molecule has 96 valence electrons. The van der Waals surface area contributed by atoms with Gasteiger partial charge in [0, 0.05) is 23.7 Å². The van der Waals surface area contributed by atoms with Crippen molar-refractivity contribution in [2.45, 2.75) is 38.6 Å². The predicted octanol–water partition coefficient (Wildman–Crippen LogP) is 2.48. The van der Waals surface area contributed by atoms with Crippen LogP contribution in [0.25, 0.3) is 0 Å². The van der Waals surface area contributed by atoms with Gasteiger partial charge in [-0.2, -0.15) is 0 Å². The van der Waals surface area contributed by atoms with Gasteiger partial charge in [0.2, 0.25) is 0 Å². The molecule has 0 spiro atoms. The molecule has 0 aromatic carbocycles. The third-order valence-electron chi connectivity index (χ3n) is 3.33. The van der Waals surface area contributed by atoms with Gasteiger partial charge in [0.05, 0.1) is 12.1 Å². The van der Waals surface area contributed by atoms with Crippen LogP contribution in [0.3, 0.4) is 0 Å². The van der Waals surface area contributed by atoms with Crippen molar-refractivity contribution in [2.24, 2.45) is 5.92 Å². The standard InChI is InChI=1S/C13H22N2OS/c1-2-5-15-13(7-12-8-14-10-17-12)11-4-3-6-16-9-11/h8,10-11,13,15H,2-7,9H2,1H3. The fourth-order valence-corrected chi connectivity index (χ4v) is 3.03. The third-order valence-corrected chi connectivity index (χ3v) is 4.13. The van der Waals surface area contributed by atoms with E-state index < -0.39 is 0 Å². The first-order chi connectivity index (χ1) is 8.40. The molecule has 2 rings (SSSR count). The number of aromatic nitrogens is 1. The molecular formula is C13H22N2OS. The minimum absolute atomic E-state index is 0.552. The van der Waals surface area contributed by atoms with Crippen LogP contribution in [0, 0.1) is 5.92 Å². The monoisotopic (exact) mass is 254 g/mol. The second-order valence-corrected chi connectivity index (χ2v) is 5.68. The Morgan fingerprint density at radius 3 is 3.24 bits per heavy atom. The first kappa shape index (κ1) is 13.0. The van der Waals surface area contributed by atoms with Crippen LogP contribution < -0.4 is 5.32 Å². The van der Waals surface area contributed by atoms with Crippen molar-refractivity contribution in [1.29, 1.82) is 0 Å². The van der Waals surface area contributed by atoms with Crippen LogP contribution in [0.4, 0.5) is 0 Å². The molecule has 3 nitrogen and oxygen atoms in total. The van der Waals surface area contributed by atoms with Crippen molar-refractivity contribution in [1.82, 2.24) is 10.3 Å². The summed E-state index contributed by atoms with van der Waals surface area (Å²) in [6.07, 6.45) is 6.78. The van der Waals surface area contributed by atoms with Gasteiger partial charge in [0.15, 0.2) is 0 Å². The maximum Gasteiger partial charge on any atom is 0.0794 e. The van der Waals surface area contributed by atoms with Gasteiger partial charge in [-0.1, -0.05) is 6.92 Å². The van der Waals surface area contributed by atoms with E-state index in [0.29, 0.717) is 12.0 Å². The van der Waals surface area contributed by atoms with Gasteiger partial charge < -0.3 is 10.1 Å². The summed E-state index contributed by atoms with van der Waals surface area (Å²) in [6.45, 7) is 5.17. The minimum atomic E-state index is 0.552. The van der Waals surface area contributed by atoms with Gasteiger partial charge in [-0.3, -0.25) is 4.98 Å². The van der Waals surface area contributed by atoms with Gasteiger partial charge in [0.1, 0.15) is 0 Å². The molecule has 1 aromatic heterocycles. The first-order valence-electron chi connectivity index (χ1n) is 6.58. The highest BCUT2D eigenvalue weighted by Gasteiger charge is 2.24. The topological polar surface area (TPSA) is 34.2 Å². The van der Waals surface area contributed by atoms with Crippen molar-refractivity contribution in [3.8, 4) is 0 Å². The molecule has 17 heavy (non-hydrogen) atoms. The number of rotatable bonds is 6. The van der Waals surface area contributed by atoms with Crippen molar-refractivity contribution >= 4 is 11.3 Å². The van der Waals surface area contributed by atoms with Crippen LogP contribution >= 0.6 is 11.3 Å². The second kappa shape index (κ2) is 7.09. The smallest absolute Gasteiger partial charge is 0.0794 e. The lowest BCUT2D eigenvalue weighted by atomic mass is 9.91. The zero-order valence-electron chi connectivity index (χ0n) is 10.5. The summed E-state index contributed by atoms with van der Waals surface area (Å²) in [4.78, 5) is 5.54. The summed E-state index contributed by atoms with van der Waals surface area (Å²) in [5.41, 5.74) is 1.92. The van der Waals surface area contributed by atoms with E-state index in [1.54, 1.807) is 11.3 Å². The summed E-state index contributed by atoms with van der Waals surface area (Å²) in [6, 6.07) is 0.552. The van der Waals surface area contributed by atoms with E-state index in [-0.39, 0.29) is 0 Å². The maximum atomic E-state index is 5.61. The summed E-state index contributed by atoms with van der Waals surface area (Å²) >= 11 is 1.76. The van der Waals surface area contributed by atoms with Gasteiger partial charge >= 0.3 is 0 Å². The predicted molar refractivity (Wildman–Crippen MR) is 71.4 cm³/mol.